The van der Waals surface area contributed by atoms with E-state index in [0.717, 1.165) is 51.1 Å². The number of carbonyl (C=O) groups is 1. The molecule has 0 aromatic heterocycles. The molecule has 1 fully saturated rings. The van der Waals surface area contributed by atoms with Crippen LogP contribution in [0.2, 0.25) is 0 Å². The maximum absolute atomic E-state index is 10.9. The van der Waals surface area contributed by atoms with Gasteiger partial charge in [-0.1, -0.05) is 18.2 Å². The summed E-state index contributed by atoms with van der Waals surface area (Å²) in [6, 6.07) is 8.30. The Labute approximate surface area is 132 Å². The van der Waals surface area contributed by atoms with Crippen molar-refractivity contribution in [3.63, 3.8) is 0 Å². The monoisotopic (exact) mass is 303 g/mol. The van der Waals surface area contributed by atoms with Crippen molar-refractivity contribution in [2.45, 2.75) is 50.7 Å². The third-order valence-corrected chi connectivity index (χ3v) is 4.79. The number of ether oxygens (including phenoxy) is 2. The number of rotatable bonds is 4. The van der Waals surface area contributed by atoms with E-state index in [1.165, 1.54) is 5.56 Å². The number of nitrogens with zero attached hydrogens (tertiary/aromatic N) is 1. The van der Waals surface area contributed by atoms with Crippen LogP contribution >= 0.6 is 0 Å². The van der Waals surface area contributed by atoms with Gasteiger partial charge in [0.25, 0.3) is 0 Å². The number of para-hydroxylation sites is 1. The van der Waals surface area contributed by atoms with Crippen LogP contribution in [0, 0.1) is 0 Å². The Balaban J connectivity index is 1.80. The molecular weight excluding hydrogens is 278 g/mol. The number of hydrogen-bond donors (Lipinski definition) is 0. The normalized spacial score (nSPS) is 23.2. The van der Waals surface area contributed by atoms with Crippen LogP contribution in [0.3, 0.4) is 0 Å². The predicted octanol–water partition coefficient (Wildman–Crippen LogP) is 2.97. The second-order valence-corrected chi connectivity index (χ2v) is 6.75. The lowest BCUT2D eigenvalue weighted by molar-refractivity contribution is -0.122. The van der Waals surface area contributed by atoms with Gasteiger partial charge >= 0.3 is 0 Å². The summed E-state index contributed by atoms with van der Waals surface area (Å²) in [5.74, 6) is 1.36. The van der Waals surface area contributed by atoms with Gasteiger partial charge in [-0.25, -0.2) is 0 Å². The van der Waals surface area contributed by atoms with Crippen molar-refractivity contribution < 1.29 is 14.3 Å². The fourth-order valence-electron chi connectivity index (χ4n) is 3.55. The first kappa shape index (κ1) is 15.3. The summed E-state index contributed by atoms with van der Waals surface area (Å²) in [5, 5.41) is 0. The molecule has 0 bridgehead atoms. The number of benzene rings is 1. The fraction of sp³-hybridized carbons (Fsp3) is 0.611. The van der Waals surface area contributed by atoms with E-state index >= 15 is 0 Å². The van der Waals surface area contributed by atoms with Gasteiger partial charge in [-0.2, -0.15) is 0 Å². The minimum atomic E-state index is -0.140. The third kappa shape index (κ3) is 3.12. The van der Waals surface area contributed by atoms with Crippen molar-refractivity contribution >= 4 is 6.41 Å². The molecule has 4 heteroatoms. The molecule has 2 aliphatic rings. The van der Waals surface area contributed by atoms with E-state index in [9.17, 15) is 4.79 Å². The molecule has 1 aromatic carbocycles. The Kier molecular flexibility index (Phi) is 4.39. The topological polar surface area (TPSA) is 38.8 Å². The van der Waals surface area contributed by atoms with Crippen LogP contribution in [0.1, 0.15) is 44.6 Å². The molecule has 1 spiro atoms. The highest BCUT2D eigenvalue weighted by Crippen LogP contribution is 2.45. The van der Waals surface area contributed by atoms with Crippen LogP contribution in [-0.4, -0.2) is 42.7 Å². The molecule has 22 heavy (non-hydrogen) atoms. The molecule has 0 saturated carbocycles. The zero-order valence-electron chi connectivity index (χ0n) is 13.5. The summed E-state index contributed by atoms with van der Waals surface area (Å²) in [5.41, 5.74) is 1.12. The lowest BCUT2D eigenvalue weighted by Crippen LogP contribution is -2.50. The molecule has 4 nitrogen and oxygen atoms in total. The number of amides is 1. The Morgan fingerprint density at radius 3 is 2.77 bits per heavy atom. The van der Waals surface area contributed by atoms with Gasteiger partial charge in [-0.05, 0) is 31.9 Å². The first-order valence-corrected chi connectivity index (χ1v) is 8.21. The zero-order chi connectivity index (χ0) is 15.6. The average Bonchev–Trinajstić information content (AvgIpc) is 2.53. The van der Waals surface area contributed by atoms with Crippen molar-refractivity contribution in [1.29, 1.82) is 0 Å². The molecule has 1 atom stereocenters. The molecule has 1 amide bonds. The second-order valence-electron chi connectivity index (χ2n) is 6.75. The molecule has 1 unspecified atom stereocenters. The summed E-state index contributed by atoms with van der Waals surface area (Å²) >= 11 is 0. The lowest BCUT2D eigenvalue weighted by atomic mass is 9.77. The highest BCUT2D eigenvalue weighted by atomic mass is 16.5. The van der Waals surface area contributed by atoms with Gasteiger partial charge in [0.05, 0.1) is 12.7 Å². The van der Waals surface area contributed by atoms with Gasteiger partial charge in [0.1, 0.15) is 11.4 Å². The summed E-state index contributed by atoms with van der Waals surface area (Å²) in [6.07, 6.45) is 3.96. The van der Waals surface area contributed by atoms with E-state index < -0.39 is 0 Å². The van der Waals surface area contributed by atoms with Crippen LogP contribution in [-0.2, 0) is 9.53 Å². The van der Waals surface area contributed by atoms with Gasteiger partial charge in [-0.15, -0.1) is 0 Å². The second kappa shape index (κ2) is 6.29. The largest absolute Gasteiger partial charge is 0.487 e. The molecule has 0 radical (unpaired) electrons. The molecule has 2 aliphatic heterocycles. The number of fused-ring (bicyclic) bond motifs is 1. The Hall–Kier alpha value is -1.55. The zero-order valence-corrected chi connectivity index (χ0v) is 13.5. The molecule has 2 heterocycles. The molecule has 0 aliphatic carbocycles. The molecule has 0 N–H and O–H groups in total. The maximum atomic E-state index is 10.9. The quantitative estimate of drug-likeness (QED) is 0.803. The molecule has 1 aromatic rings. The summed E-state index contributed by atoms with van der Waals surface area (Å²) < 4.78 is 12.3. The highest BCUT2D eigenvalue weighted by molar-refractivity contribution is 5.47. The molecule has 120 valence electrons. The Morgan fingerprint density at radius 2 is 2.09 bits per heavy atom. The number of carbonyl (C=O) groups excluding carboxylic acids is 1. The number of piperidine rings is 1. The maximum Gasteiger partial charge on any atom is 0.209 e. The van der Waals surface area contributed by atoms with Crippen LogP contribution in [0.4, 0.5) is 0 Å². The third-order valence-electron chi connectivity index (χ3n) is 4.79. The van der Waals surface area contributed by atoms with Gasteiger partial charge in [-0.3, -0.25) is 4.79 Å². The van der Waals surface area contributed by atoms with E-state index in [1.807, 2.05) is 11.0 Å². The summed E-state index contributed by atoms with van der Waals surface area (Å²) in [6.45, 7) is 6.44. The minimum absolute atomic E-state index is 0.140. The van der Waals surface area contributed by atoms with E-state index in [4.69, 9.17) is 9.47 Å². The smallest absolute Gasteiger partial charge is 0.209 e. The average molecular weight is 303 g/mol. The molecule has 1 saturated heterocycles. The van der Waals surface area contributed by atoms with Gasteiger partial charge in [0, 0.05) is 31.8 Å². The molecular formula is C18H25NO3. The van der Waals surface area contributed by atoms with E-state index in [-0.39, 0.29) is 11.7 Å². The standard InChI is InChI=1S/C18H25NO3/c1-14(2)21-12-15-11-18(7-9-19(13-20)10-8-18)22-17-6-4-3-5-16(15)17/h3-6,13-15H,7-12H2,1-2H3. The van der Waals surface area contributed by atoms with E-state index in [2.05, 4.69) is 32.0 Å². The van der Waals surface area contributed by atoms with Crippen molar-refractivity contribution in [2.75, 3.05) is 19.7 Å². The van der Waals surface area contributed by atoms with Crippen molar-refractivity contribution in [2.24, 2.45) is 0 Å². The molecule has 3 rings (SSSR count). The fourth-order valence-corrected chi connectivity index (χ4v) is 3.55. The van der Waals surface area contributed by atoms with Crippen molar-refractivity contribution in [1.82, 2.24) is 4.90 Å². The predicted molar refractivity (Wildman–Crippen MR) is 85.1 cm³/mol. The van der Waals surface area contributed by atoms with Gasteiger partial charge in [0.15, 0.2) is 0 Å². The summed E-state index contributed by atoms with van der Waals surface area (Å²) in [7, 11) is 0. The summed E-state index contributed by atoms with van der Waals surface area (Å²) in [4.78, 5) is 12.8. The van der Waals surface area contributed by atoms with Crippen molar-refractivity contribution in [3.05, 3.63) is 29.8 Å². The van der Waals surface area contributed by atoms with Crippen LogP contribution in [0.5, 0.6) is 5.75 Å². The van der Waals surface area contributed by atoms with Gasteiger partial charge < -0.3 is 14.4 Å². The van der Waals surface area contributed by atoms with E-state index in [0.29, 0.717) is 5.92 Å². The first-order valence-electron chi connectivity index (χ1n) is 8.21. The SMILES string of the molecule is CC(C)OCC1CC2(CCN(C=O)CC2)Oc2ccccc21. The van der Waals surface area contributed by atoms with Crippen LogP contribution < -0.4 is 4.74 Å². The number of likely N-dealkylation sites (tertiary alicyclic amines) is 1. The Bertz CT molecular complexity index is 521. The lowest BCUT2D eigenvalue weighted by Gasteiger charge is -2.46. The first-order chi connectivity index (χ1) is 10.6. The van der Waals surface area contributed by atoms with Crippen LogP contribution in [0.15, 0.2) is 24.3 Å². The van der Waals surface area contributed by atoms with Crippen LogP contribution in [0.25, 0.3) is 0 Å². The Morgan fingerprint density at radius 1 is 1.36 bits per heavy atom. The number of hydrogen-bond acceptors (Lipinski definition) is 3. The van der Waals surface area contributed by atoms with E-state index in [1.54, 1.807) is 0 Å². The van der Waals surface area contributed by atoms with Gasteiger partial charge in [0.2, 0.25) is 6.41 Å². The minimum Gasteiger partial charge on any atom is -0.487 e. The van der Waals surface area contributed by atoms with Crippen molar-refractivity contribution in [3.8, 4) is 5.75 Å². The highest BCUT2D eigenvalue weighted by Gasteiger charge is 2.43.